The summed E-state index contributed by atoms with van der Waals surface area (Å²) in [5.41, 5.74) is 20.4. The van der Waals surface area contributed by atoms with Crippen molar-refractivity contribution < 1.29 is 0 Å². The topological polar surface area (TPSA) is 54.8 Å². The molecule has 2 heterocycles. The molecule has 1 aromatic heterocycles. The normalized spacial score (nSPS) is 19.8. The Morgan fingerprint density at radius 3 is 2.40 bits per heavy atom. The summed E-state index contributed by atoms with van der Waals surface area (Å²) < 4.78 is 2.57. The van der Waals surface area contributed by atoms with Crippen LogP contribution in [0.2, 0.25) is 0 Å². The summed E-state index contributed by atoms with van der Waals surface area (Å²) in [7, 11) is 0. The highest BCUT2D eigenvalue weighted by Crippen LogP contribution is 2.64. The van der Waals surface area contributed by atoms with Gasteiger partial charge < -0.3 is 10.3 Å². The van der Waals surface area contributed by atoms with Crippen molar-refractivity contribution >= 4 is 33.3 Å². The first-order valence-corrected chi connectivity index (χ1v) is 14.7. The van der Waals surface area contributed by atoms with Gasteiger partial charge in [-0.05, 0) is 69.0 Å². The zero-order valence-electron chi connectivity index (χ0n) is 23.4. The van der Waals surface area contributed by atoms with Crippen LogP contribution in [0.25, 0.3) is 49.8 Å². The second kappa shape index (κ2) is 8.20. The number of para-hydroxylation sites is 2. The Kier molecular flexibility index (Phi) is 4.60. The Morgan fingerprint density at radius 2 is 1.50 bits per heavy atom. The molecule has 0 amide bonds. The molecule has 2 unspecified atom stereocenters. The molecule has 0 radical (unpaired) electrons. The summed E-state index contributed by atoms with van der Waals surface area (Å²) in [6.07, 6.45) is 5.81. The first-order chi connectivity index (χ1) is 20.6. The SMILES string of the molecule is CC1C=CC2=C(C1)n1c3ccccc3c3cccc(c31)C21c2ccccc2-c2cccc(-c3cccc(C(=N)N)c3)c21. The van der Waals surface area contributed by atoms with Crippen LogP contribution in [-0.2, 0) is 5.41 Å². The van der Waals surface area contributed by atoms with E-state index in [4.69, 9.17) is 11.1 Å². The van der Waals surface area contributed by atoms with Gasteiger partial charge in [-0.15, -0.1) is 0 Å². The number of aromatic nitrogens is 1. The number of nitrogens with zero attached hydrogens (tertiary/aromatic N) is 1. The molecule has 200 valence electrons. The highest BCUT2D eigenvalue weighted by molar-refractivity contribution is 6.14. The first kappa shape index (κ1) is 23.5. The van der Waals surface area contributed by atoms with E-state index < -0.39 is 5.41 Å². The Morgan fingerprint density at radius 1 is 0.786 bits per heavy atom. The zero-order chi connectivity index (χ0) is 28.2. The molecular formula is C39H29N3. The maximum atomic E-state index is 8.15. The van der Waals surface area contributed by atoms with Crippen LogP contribution < -0.4 is 5.73 Å². The monoisotopic (exact) mass is 539 g/mol. The average Bonchev–Trinajstić information content (AvgIpc) is 3.52. The summed E-state index contributed by atoms with van der Waals surface area (Å²) in [4.78, 5) is 0. The molecule has 6 aromatic rings. The molecule has 1 aliphatic heterocycles. The Balaban J connectivity index is 1.51. The lowest BCUT2D eigenvalue weighted by molar-refractivity contribution is 0.675. The lowest BCUT2D eigenvalue weighted by Gasteiger charge is -2.43. The molecule has 42 heavy (non-hydrogen) atoms. The van der Waals surface area contributed by atoms with Gasteiger partial charge >= 0.3 is 0 Å². The smallest absolute Gasteiger partial charge is 0.122 e. The van der Waals surface area contributed by atoms with Crippen molar-refractivity contribution in [2.45, 2.75) is 18.8 Å². The third-order valence-electron chi connectivity index (χ3n) is 9.74. The van der Waals surface area contributed by atoms with E-state index in [9.17, 15) is 0 Å². The maximum absolute atomic E-state index is 8.15. The fourth-order valence-electron chi connectivity index (χ4n) is 8.15. The molecular weight excluding hydrogens is 510 g/mol. The number of benzene rings is 5. The van der Waals surface area contributed by atoms with E-state index in [1.54, 1.807) is 0 Å². The number of amidine groups is 1. The van der Waals surface area contributed by atoms with Gasteiger partial charge in [0.15, 0.2) is 0 Å². The number of allylic oxidation sites excluding steroid dienone is 4. The fraction of sp³-hybridized carbons (Fsp3) is 0.103. The number of hydrogen-bond acceptors (Lipinski definition) is 1. The first-order valence-electron chi connectivity index (χ1n) is 14.7. The summed E-state index contributed by atoms with van der Waals surface area (Å²) in [5.74, 6) is 0.532. The van der Waals surface area contributed by atoms with Crippen molar-refractivity contribution in [2.75, 3.05) is 0 Å². The number of fused-ring (bicyclic) bond motifs is 11. The van der Waals surface area contributed by atoms with Crippen LogP contribution in [0.15, 0.2) is 127 Å². The Bertz CT molecular complexity index is 2230. The van der Waals surface area contributed by atoms with Crippen LogP contribution in [0.4, 0.5) is 0 Å². The third-order valence-corrected chi connectivity index (χ3v) is 9.74. The fourth-order valence-corrected chi connectivity index (χ4v) is 8.15. The summed E-state index contributed by atoms with van der Waals surface area (Å²) >= 11 is 0. The summed E-state index contributed by atoms with van der Waals surface area (Å²) in [5, 5.41) is 10.8. The molecule has 2 aliphatic carbocycles. The lowest BCUT2D eigenvalue weighted by Crippen LogP contribution is -2.35. The van der Waals surface area contributed by atoms with Crippen LogP contribution in [0.5, 0.6) is 0 Å². The molecule has 0 bridgehead atoms. The largest absolute Gasteiger partial charge is 0.384 e. The van der Waals surface area contributed by atoms with Crippen molar-refractivity contribution in [3.8, 4) is 22.3 Å². The van der Waals surface area contributed by atoms with Crippen molar-refractivity contribution in [3.63, 3.8) is 0 Å². The van der Waals surface area contributed by atoms with Gasteiger partial charge in [-0.25, -0.2) is 0 Å². The van der Waals surface area contributed by atoms with E-state index in [1.807, 2.05) is 12.1 Å². The predicted octanol–water partition coefficient (Wildman–Crippen LogP) is 8.88. The number of rotatable bonds is 2. The number of hydrogen-bond donors (Lipinski definition) is 2. The predicted molar refractivity (Wildman–Crippen MR) is 174 cm³/mol. The van der Waals surface area contributed by atoms with Crippen LogP contribution in [0.3, 0.4) is 0 Å². The van der Waals surface area contributed by atoms with Gasteiger partial charge in [-0.2, -0.15) is 0 Å². The van der Waals surface area contributed by atoms with Gasteiger partial charge in [0.1, 0.15) is 5.84 Å². The molecule has 5 aromatic carbocycles. The number of nitrogens with one attached hydrogen (secondary N) is 1. The number of nitrogens with two attached hydrogens (primary N) is 1. The highest BCUT2D eigenvalue weighted by atomic mass is 15.0. The van der Waals surface area contributed by atoms with Gasteiger partial charge in [0.2, 0.25) is 0 Å². The van der Waals surface area contributed by atoms with Crippen LogP contribution >= 0.6 is 0 Å². The van der Waals surface area contributed by atoms with Crippen molar-refractivity contribution in [3.05, 3.63) is 149 Å². The Hall–Kier alpha value is -5.15. The van der Waals surface area contributed by atoms with E-state index in [2.05, 4.69) is 121 Å². The van der Waals surface area contributed by atoms with Crippen molar-refractivity contribution in [1.82, 2.24) is 4.57 Å². The molecule has 0 saturated heterocycles. The van der Waals surface area contributed by atoms with Crippen molar-refractivity contribution in [1.29, 1.82) is 5.41 Å². The van der Waals surface area contributed by atoms with E-state index >= 15 is 0 Å². The quantitative estimate of drug-likeness (QED) is 0.168. The van der Waals surface area contributed by atoms with Crippen LogP contribution in [0.1, 0.15) is 35.6 Å². The van der Waals surface area contributed by atoms with Crippen LogP contribution in [-0.4, -0.2) is 10.4 Å². The molecule has 1 spiro atoms. The lowest BCUT2D eigenvalue weighted by atomic mass is 9.62. The van der Waals surface area contributed by atoms with Gasteiger partial charge in [-0.1, -0.05) is 116 Å². The highest BCUT2D eigenvalue weighted by Gasteiger charge is 2.52. The third kappa shape index (κ3) is 2.78. The molecule has 3 aliphatic rings. The van der Waals surface area contributed by atoms with Crippen LogP contribution in [0, 0.1) is 11.3 Å². The molecule has 3 heteroatoms. The van der Waals surface area contributed by atoms with E-state index in [0.717, 1.165) is 17.5 Å². The van der Waals surface area contributed by atoms with Gasteiger partial charge in [0.25, 0.3) is 0 Å². The van der Waals surface area contributed by atoms with Gasteiger partial charge in [0, 0.05) is 22.0 Å². The maximum Gasteiger partial charge on any atom is 0.122 e. The molecule has 2 atom stereocenters. The average molecular weight is 540 g/mol. The molecule has 9 rings (SSSR count). The van der Waals surface area contributed by atoms with Gasteiger partial charge in [-0.3, -0.25) is 5.41 Å². The minimum atomic E-state index is -0.482. The molecule has 0 saturated carbocycles. The van der Waals surface area contributed by atoms with E-state index in [1.165, 1.54) is 66.5 Å². The minimum Gasteiger partial charge on any atom is -0.384 e. The molecule has 0 fully saturated rings. The second-order valence-corrected chi connectivity index (χ2v) is 12.0. The van der Waals surface area contributed by atoms with E-state index in [0.29, 0.717) is 5.92 Å². The summed E-state index contributed by atoms with van der Waals surface area (Å²) in [6.45, 7) is 2.32. The van der Waals surface area contributed by atoms with Gasteiger partial charge in [0.05, 0.1) is 16.4 Å². The summed E-state index contributed by atoms with van der Waals surface area (Å²) in [6, 6.07) is 39.7. The molecule has 3 nitrogen and oxygen atoms in total. The zero-order valence-corrected chi connectivity index (χ0v) is 23.4. The minimum absolute atomic E-state index is 0.0866. The standard InChI is InChI=1S/C39H29N3/c1-23-19-20-32-35(21-23)42-34-18-5-3-12-28(34)30-15-8-17-33(37(30)42)39(32)31-16-4-2-11-27(31)29-14-7-13-26(36(29)39)24-9-6-10-25(22-24)38(40)41/h2-20,22-23H,21H2,1H3,(H3,40,41). The van der Waals surface area contributed by atoms with Crippen molar-refractivity contribution in [2.24, 2.45) is 11.7 Å². The Labute approximate surface area is 244 Å². The second-order valence-electron chi connectivity index (χ2n) is 12.0. The molecule has 3 N–H and O–H groups in total. The number of nitrogen functional groups attached to an aromatic ring is 1. The van der Waals surface area contributed by atoms with E-state index in [-0.39, 0.29) is 5.84 Å².